The molecular formula is C10H16N4O. The van der Waals surface area contributed by atoms with Crippen LogP contribution in [-0.4, -0.2) is 33.8 Å². The number of nitrogens with two attached hydrogens (primary N) is 1. The number of β-amino-alcohol motifs (C(OH)–C–C–N with tert-alkyl or cyclic N) is 1. The van der Waals surface area contributed by atoms with Gasteiger partial charge in [0.25, 0.3) is 0 Å². The zero-order chi connectivity index (χ0) is 10.9. The summed E-state index contributed by atoms with van der Waals surface area (Å²) in [5, 5.41) is 9.97. The second kappa shape index (κ2) is 3.66. The number of rotatable bonds is 1. The van der Waals surface area contributed by atoms with E-state index >= 15 is 0 Å². The van der Waals surface area contributed by atoms with E-state index in [1.807, 2.05) is 11.8 Å². The van der Waals surface area contributed by atoms with E-state index in [9.17, 15) is 5.11 Å². The molecule has 0 radical (unpaired) electrons. The summed E-state index contributed by atoms with van der Waals surface area (Å²) < 4.78 is 0. The van der Waals surface area contributed by atoms with Gasteiger partial charge in [0, 0.05) is 25.5 Å². The van der Waals surface area contributed by atoms with Crippen LogP contribution in [0.1, 0.15) is 19.8 Å². The van der Waals surface area contributed by atoms with Crippen molar-refractivity contribution in [1.82, 2.24) is 9.97 Å². The van der Waals surface area contributed by atoms with Gasteiger partial charge in [0.1, 0.15) is 0 Å². The molecule has 1 unspecified atom stereocenters. The average molecular weight is 208 g/mol. The van der Waals surface area contributed by atoms with E-state index in [-0.39, 0.29) is 0 Å². The maximum atomic E-state index is 9.97. The number of hydrogen-bond acceptors (Lipinski definition) is 5. The van der Waals surface area contributed by atoms with Crippen LogP contribution in [0.2, 0.25) is 0 Å². The summed E-state index contributed by atoms with van der Waals surface area (Å²) in [5.74, 6) is 1.10. The molecule has 0 spiro atoms. The van der Waals surface area contributed by atoms with Crippen LogP contribution in [-0.2, 0) is 0 Å². The van der Waals surface area contributed by atoms with Crippen LogP contribution in [0, 0.1) is 0 Å². The van der Waals surface area contributed by atoms with Gasteiger partial charge in [-0.2, -0.15) is 0 Å². The first-order chi connectivity index (χ1) is 7.08. The summed E-state index contributed by atoms with van der Waals surface area (Å²) >= 11 is 0. The number of nitrogens with zero attached hydrogens (tertiary/aromatic N) is 3. The van der Waals surface area contributed by atoms with Gasteiger partial charge in [-0.1, -0.05) is 0 Å². The first-order valence-electron chi connectivity index (χ1n) is 5.12. The first-order valence-corrected chi connectivity index (χ1v) is 5.12. The second-order valence-corrected chi connectivity index (χ2v) is 4.29. The number of hydrogen-bond donors (Lipinski definition) is 2. The maximum Gasteiger partial charge on any atom is 0.171 e. The third-order valence-corrected chi connectivity index (χ3v) is 2.68. The van der Waals surface area contributed by atoms with E-state index in [2.05, 4.69) is 9.97 Å². The highest BCUT2D eigenvalue weighted by Gasteiger charge is 2.29. The average Bonchev–Trinajstić information content (AvgIpc) is 2.17. The molecule has 5 nitrogen and oxygen atoms in total. The Balaban J connectivity index is 2.21. The summed E-state index contributed by atoms with van der Waals surface area (Å²) in [6, 6.07) is 0. The minimum Gasteiger partial charge on any atom is -0.388 e. The normalized spacial score (nSPS) is 26.7. The number of aromatic nitrogens is 2. The number of piperidine rings is 1. The monoisotopic (exact) mass is 208 g/mol. The summed E-state index contributed by atoms with van der Waals surface area (Å²) in [6.07, 6.45) is 4.96. The molecule has 0 bridgehead atoms. The Bertz CT molecular complexity index is 353. The molecule has 1 aliphatic rings. The molecule has 1 aliphatic heterocycles. The molecule has 5 heteroatoms. The lowest BCUT2D eigenvalue weighted by atomic mass is 9.95. The highest BCUT2D eigenvalue weighted by atomic mass is 16.3. The van der Waals surface area contributed by atoms with Crippen LogP contribution < -0.4 is 10.6 Å². The van der Waals surface area contributed by atoms with E-state index < -0.39 is 5.60 Å². The van der Waals surface area contributed by atoms with E-state index in [1.165, 1.54) is 0 Å². The molecule has 1 aromatic rings. The Morgan fingerprint density at radius 1 is 1.47 bits per heavy atom. The highest BCUT2D eigenvalue weighted by Crippen LogP contribution is 2.26. The molecule has 1 saturated heterocycles. The molecule has 1 atom stereocenters. The van der Waals surface area contributed by atoms with Gasteiger partial charge in [-0.05, 0) is 19.8 Å². The van der Waals surface area contributed by atoms with Crippen LogP contribution in [0.3, 0.4) is 0 Å². The second-order valence-electron chi connectivity index (χ2n) is 4.29. The third kappa shape index (κ3) is 2.18. The topological polar surface area (TPSA) is 75.3 Å². The van der Waals surface area contributed by atoms with Gasteiger partial charge in [-0.15, -0.1) is 0 Å². The molecule has 2 heterocycles. The standard InChI is InChI=1S/C10H16N4O/c1-10(15)3-2-6-14(7-10)9-8(11)12-4-5-13-9/h4-5,15H,2-3,6-7H2,1H3,(H2,11,12). The Morgan fingerprint density at radius 3 is 2.87 bits per heavy atom. The molecule has 1 fully saturated rings. The zero-order valence-corrected chi connectivity index (χ0v) is 8.85. The van der Waals surface area contributed by atoms with Crippen molar-refractivity contribution in [3.63, 3.8) is 0 Å². The van der Waals surface area contributed by atoms with Gasteiger partial charge in [0.15, 0.2) is 11.6 Å². The molecule has 15 heavy (non-hydrogen) atoms. The van der Waals surface area contributed by atoms with Crippen LogP contribution in [0.5, 0.6) is 0 Å². The fourth-order valence-electron chi connectivity index (χ4n) is 1.99. The lowest BCUT2D eigenvalue weighted by Crippen LogP contribution is -2.46. The fraction of sp³-hybridized carbons (Fsp3) is 0.600. The molecular weight excluding hydrogens is 192 g/mol. The third-order valence-electron chi connectivity index (χ3n) is 2.68. The van der Waals surface area contributed by atoms with Crippen LogP contribution in [0.25, 0.3) is 0 Å². The van der Waals surface area contributed by atoms with Crippen molar-refractivity contribution in [2.24, 2.45) is 0 Å². The molecule has 0 aliphatic carbocycles. The Kier molecular flexibility index (Phi) is 2.48. The number of aliphatic hydroxyl groups is 1. The molecule has 82 valence electrons. The SMILES string of the molecule is CC1(O)CCCN(c2nccnc2N)C1. The van der Waals surface area contributed by atoms with Gasteiger partial charge in [0.2, 0.25) is 0 Å². The van der Waals surface area contributed by atoms with Crippen molar-refractivity contribution in [3.05, 3.63) is 12.4 Å². The Hall–Kier alpha value is -1.36. The van der Waals surface area contributed by atoms with Gasteiger partial charge in [0.05, 0.1) is 5.60 Å². The molecule has 3 N–H and O–H groups in total. The molecule has 0 aromatic carbocycles. The Labute approximate surface area is 88.9 Å². The molecule has 2 rings (SSSR count). The lowest BCUT2D eigenvalue weighted by Gasteiger charge is -2.37. The van der Waals surface area contributed by atoms with Gasteiger partial charge >= 0.3 is 0 Å². The van der Waals surface area contributed by atoms with Crippen molar-refractivity contribution < 1.29 is 5.11 Å². The number of anilines is 2. The minimum atomic E-state index is -0.651. The first kappa shape index (κ1) is 10.2. The summed E-state index contributed by atoms with van der Waals surface area (Å²) in [5.41, 5.74) is 5.09. The summed E-state index contributed by atoms with van der Waals surface area (Å²) in [6.45, 7) is 3.28. The summed E-state index contributed by atoms with van der Waals surface area (Å²) in [4.78, 5) is 10.2. The van der Waals surface area contributed by atoms with Crippen molar-refractivity contribution in [1.29, 1.82) is 0 Å². The van der Waals surface area contributed by atoms with E-state index in [1.54, 1.807) is 12.4 Å². The van der Waals surface area contributed by atoms with Gasteiger partial charge < -0.3 is 15.7 Å². The quantitative estimate of drug-likeness (QED) is 0.699. The zero-order valence-electron chi connectivity index (χ0n) is 8.85. The maximum absolute atomic E-state index is 9.97. The molecule has 1 aromatic heterocycles. The fourth-order valence-corrected chi connectivity index (χ4v) is 1.99. The van der Waals surface area contributed by atoms with E-state index in [0.717, 1.165) is 19.4 Å². The summed E-state index contributed by atoms with van der Waals surface area (Å²) in [7, 11) is 0. The van der Waals surface area contributed by atoms with Gasteiger partial charge in [-0.25, -0.2) is 9.97 Å². The highest BCUT2D eigenvalue weighted by molar-refractivity contribution is 5.57. The van der Waals surface area contributed by atoms with E-state index in [0.29, 0.717) is 18.2 Å². The minimum absolute atomic E-state index is 0.426. The van der Waals surface area contributed by atoms with Crippen molar-refractivity contribution in [2.75, 3.05) is 23.7 Å². The predicted molar refractivity (Wildman–Crippen MR) is 58.5 cm³/mol. The van der Waals surface area contributed by atoms with Crippen molar-refractivity contribution in [3.8, 4) is 0 Å². The van der Waals surface area contributed by atoms with Crippen molar-refractivity contribution >= 4 is 11.6 Å². The number of nitrogen functional groups attached to an aromatic ring is 1. The van der Waals surface area contributed by atoms with Crippen LogP contribution >= 0.6 is 0 Å². The van der Waals surface area contributed by atoms with Crippen LogP contribution in [0.15, 0.2) is 12.4 Å². The largest absolute Gasteiger partial charge is 0.388 e. The smallest absolute Gasteiger partial charge is 0.171 e. The Morgan fingerprint density at radius 2 is 2.20 bits per heavy atom. The van der Waals surface area contributed by atoms with Gasteiger partial charge in [-0.3, -0.25) is 0 Å². The van der Waals surface area contributed by atoms with E-state index in [4.69, 9.17) is 5.73 Å². The predicted octanol–water partition coefficient (Wildman–Crippen LogP) is 0.410. The van der Waals surface area contributed by atoms with Crippen LogP contribution in [0.4, 0.5) is 11.6 Å². The van der Waals surface area contributed by atoms with Crippen molar-refractivity contribution in [2.45, 2.75) is 25.4 Å². The lowest BCUT2D eigenvalue weighted by molar-refractivity contribution is 0.0447. The molecule has 0 amide bonds. The molecule has 0 saturated carbocycles.